The van der Waals surface area contributed by atoms with Crippen LogP contribution in [0, 0.1) is 3.57 Å². The van der Waals surface area contributed by atoms with Crippen LogP contribution in [0.1, 0.15) is 45.8 Å². The maximum absolute atomic E-state index is 13.6. The van der Waals surface area contributed by atoms with Crippen molar-refractivity contribution in [1.82, 2.24) is 20.2 Å². The molecule has 7 rings (SSSR count). The van der Waals surface area contributed by atoms with E-state index in [2.05, 4.69) is 26.8 Å². The van der Waals surface area contributed by atoms with E-state index >= 15 is 0 Å². The normalized spacial score (nSPS) is 12.6. The molecule has 0 fully saturated rings. The summed E-state index contributed by atoms with van der Waals surface area (Å²) in [6.07, 6.45) is 0.930. The fraction of sp³-hybridized carbons (Fsp3) is 0.328. The van der Waals surface area contributed by atoms with Crippen molar-refractivity contribution in [2.45, 2.75) is 36.0 Å². The number of amides is 2. The van der Waals surface area contributed by atoms with Crippen molar-refractivity contribution in [2.24, 2.45) is 0 Å². The smallest absolute Gasteiger partial charge is 0.262 e. The number of rotatable bonds is 33. The van der Waals surface area contributed by atoms with Crippen molar-refractivity contribution < 1.29 is 64.0 Å². The van der Waals surface area contributed by atoms with Gasteiger partial charge in [-0.05, 0) is 35.4 Å². The van der Waals surface area contributed by atoms with Gasteiger partial charge in [0.2, 0.25) is 5.91 Å². The van der Waals surface area contributed by atoms with E-state index < -0.39 is 31.7 Å². The summed E-state index contributed by atoms with van der Waals surface area (Å²) < 4.78 is 38.7. The van der Waals surface area contributed by atoms with E-state index in [9.17, 15) is 19.2 Å². The van der Waals surface area contributed by atoms with Gasteiger partial charge in [0, 0.05) is 13.1 Å². The van der Waals surface area contributed by atoms with Crippen LogP contribution in [-0.2, 0) is 44.6 Å². The molecule has 75 heavy (non-hydrogen) atoms. The topological polar surface area (TPSA) is 166 Å². The molecular weight excluding hydrogens is 1100 g/mol. The first-order valence-corrected chi connectivity index (χ1v) is 29.1. The summed E-state index contributed by atoms with van der Waals surface area (Å²) in [7, 11) is 0. The second-order valence-electron chi connectivity index (χ2n) is 16.9. The Balaban J connectivity index is 0.686. The number of aromatic nitrogens is 2. The fourth-order valence-electron chi connectivity index (χ4n) is 7.81. The molecule has 0 unspecified atom stereocenters. The first-order valence-electron chi connectivity index (χ1n) is 25.0. The third kappa shape index (κ3) is 17.8. The van der Waals surface area contributed by atoms with Crippen LogP contribution in [0.4, 0.5) is 0 Å². The van der Waals surface area contributed by atoms with Crippen LogP contribution in [0.3, 0.4) is 0 Å². The summed E-state index contributed by atoms with van der Waals surface area (Å²) in [4.78, 5) is 58.5. The van der Waals surface area contributed by atoms with E-state index in [1.807, 2.05) is 135 Å². The number of carbonyl (C=O) groups excluding carboxylic acids is 3. The molecule has 0 aliphatic rings. The largest absolute Gasteiger partial charge is 0.269 e. The Hall–Kier alpha value is -5.48. The number of hydrogen-bond donors (Lipinski definition) is 2. The minimum Gasteiger partial charge on any atom is -0.269 e. The Morgan fingerprint density at radius 2 is 1.04 bits per heavy atom. The molecule has 17 heteroatoms. The Kier molecular flexibility index (Phi) is 24.1. The second kappa shape index (κ2) is 31.5. The Labute approximate surface area is 456 Å². The van der Waals surface area contributed by atoms with E-state index in [1.54, 1.807) is 4.57 Å². The monoisotopic (exact) mass is 1170 g/mol. The number of nitrogens with one attached hydrogen (secondary N) is 2. The molecule has 0 bridgehead atoms. The number of ether oxygens (including phenoxy) is 6. The summed E-state index contributed by atoms with van der Waals surface area (Å²) in [6.45, 7) is 9.76. The van der Waals surface area contributed by atoms with Crippen LogP contribution in [0.2, 0.25) is 0 Å². The van der Waals surface area contributed by atoms with Gasteiger partial charge in [0.15, 0.2) is 5.16 Å². The summed E-state index contributed by atoms with van der Waals surface area (Å²) >= 11 is 2.18. The number of carbonyl (C=O) groups is 3. The molecule has 396 valence electrons. The molecule has 2 amide bonds. The van der Waals surface area contributed by atoms with E-state index in [0.29, 0.717) is 115 Å². The molecule has 0 saturated carbocycles. The van der Waals surface area contributed by atoms with Crippen molar-refractivity contribution >= 4 is 74.1 Å². The maximum atomic E-state index is 13.6. The molecular formula is C58H64IN4O10S2-. The van der Waals surface area contributed by atoms with Crippen LogP contribution in [0.25, 0.3) is 32.4 Å². The standard InChI is InChI=1S/C58H64IN4O10S2/c1-3-63-57(67)50-37-46-19-11-13-21-48(46)39-52(50)62-58(63)75-54(44-16-8-5-9-17-44)56(66)61-23-25-69-27-29-71-31-33-73-35-34-72-32-30-70-28-26-68-24-22-60-55(65)53(43-14-6-4-7-15-43)74-42(2)40-59-51-38-47-20-12-10-18-45(47)36-49(51)41-64/h4-21,36-41,53-54H,3,22-35H2,1-2H3,(H,60,65)(H,61,66)/q-1/b42-40-/t53-,54-/m1/s1. The molecule has 7 aromatic rings. The van der Waals surface area contributed by atoms with Crippen molar-refractivity contribution in [3.8, 4) is 0 Å². The van der Waals surface area contributed by atoms with Crippen molar-refractivity contribution in [1.29, 1.82) is 0 Å². The zero-order chi connectivity index (χ0) is 52.5. The van der Waals surface area contributed by atoms with E-state index in [0.717, 1.165) is 53.0 Å². The van der Waals surface area contributed by atoms with Crippen LogP contribution in [0.5, 0.6) is 0 Å². The molecule has 0 spiro atoms. The van der Waals surface area contributed by atoms with Gasteiger partial charge < -0.3 is 24.3 Å². The first kappa shape index (κ1) is 57.2. The SMILES string of the molecule is CCn1c(S[C@@H](C(=O)NCCOCCOCCOCCOCCOCCOCCNC(=O)[C@H](S/C(C)=C\[I-]c2cc3ccccc3cc2C=O)c2ccccc2)c2ccccc2)nc2cc3ccccc3cc2c1=O. The van der Waals surface area contributed by atoms with Gasteiger partial charge in [-0.25, -0.2) is 4.98 Å². The Morgan fingerprint density at radius 3 is 1.55 bits per heavy atom. The maximum Gasteiger partial charge on any atom is 0.262 e. The number of thioether (sulfide) groups is 2. The molecule has 6 aromatic carbocycles. The molecule has 0 radical (unpaired) electrons. The van der Waals surface area contributed by atoms with Gasteiger partial charge >= 0.3 is 209 Å². The van der Waals surface area contributed by atoms with E-state index in [4.69, 9.17) is 33.4 Å². The van der Waals surface area contributed by atoms with Crippen LogP contribution >= 0.6 is 23.5 Å². The van der Waals surface area contributed by atoms with Gasteiger partial charge in [-0.3, -0.25) is 14.2 Å². The van der Waals surface area contributed by atoms with Crippen molar-refractivity contribution in [3.63, 3.8) is 0 Å². The summed E-state index contributed by atoms with van der Waals surface area (Å²) in [5, 5.41) is 10.1. The molecule has 1 aromatic heterocycles. The first-order chi connectivity index (χ1) is 36.8. The van der Waals surface area contributed by atoms with Gasteiger partial charge in [0.1, 0.15) is 5.25 Å². The van der Waals surface area contributed by atoms with Gasteiger partial charge in [-0.15, -0.1) is 0 Å². The van der Waals surface area contributed by atoms with Crippen LogP contribution in [0.15, 0.2) is 152 Å². The van der Waals surface area contributed by atoms with Gasteiger partial charge in [0.25, 0.3) is 5.56 Å². The van der Waals surface area contributed by atoms with E-state index in [1.165, 1.54) is 23.5 Å². The number of halogens is 1. The molecule has 0 aliphatic heterocycles. The number of nitrogens with zero attached hydrogens (tertiary/aromatic N) is 2. The predicted octanol–water partition coefficient (Wildman–Crippen LogP) is 6.00. The number of allylic oxidation sites excluding steroid dienone is 1. The third-order valence-electron chi connectivity index (χ3n) is 11.6. The third-order valence-corrected chi connectivity index (χ3v) is 17.3. The van der Waals surface area contributed by atoms with E-state index in [-0.39, 0.29) is 17.4 Å². The molecule has 2 N–H and O–H groups in total. The van der Waals surface area contributed by atoms with Gasteiger partial charge in [-0.1, -0.05) is 66.4 Å². The quantitative estimate of drug-likeness (QED) is 0.0123. The number of aldehydes is 1. The Bertz CT molecular complexity index is 3020. The second-order valence-corrected chi connectivity index (χ2v) is 21.7. The summed E-state index contributed by atoms with van der Waals surface area (Å²) in [5.74, 6) is -0.291. The molecule has 2 atom stereocenters. The summed E-state index contributed by atoms with van der Waals surface area (Å²) in [5.41, 5.74) is 2.90. The minimum absolute atomic E-state index is 0.0892. The zero-order valence-corrected chi connectivity index (χ0v) is 46.1. The molecule has 0 aliphatic carbocycles. The number of benzene rings is 6. The fourth-order valence-corrected chi connectivity index (χ4v) is 12.6. The summed E-state index contributed by atoms with van der Waals surface area (Å²) in [6, 6.07) is 43.0. The Morgan fingerprint density at radius 1 is 0.600 bits per heavy atom. The van der Waals surface area contributed by atoms with Crippen LogP contribution < -0.4 is 37.4 Å². The number of hydrogen-bond acceptors (Lipinski definition) is 13. The molecule has 1 heterocycles. The van der Waals surface area contributed by atoms with Crippen molar-refractivity contribution in [2.75, 3.05) is 92.4 Å². The molecule has 0 saturated heterocycles. The molecule has 14 nitrogen and oxygen atoms in total. The average Bonchev–Trinajstić information content (AvgIpc) is 3.45. The number of fused-ring (bicyclic) bond motifs is 3. The average molecular weight is 1170 g/mol. The zero-order valence-electron chi connectivity index (χ0n) is 42.3. The van der Waals surface area contributed by atoms with Gasteiger partial charge in [0.05, 0.1) is 70.4 Å². The van der Waals surface area contributed by atoms with Gasteiger partial charge in [-0.2, -0.15) is 0 Å². The predicted molar refractivity (Wildman–Crippen MR) is 294 cm³/mol. The minimum atomic E-state index is -0.637. The van der Waals surface area contributed by atoms with Crippen LogP contribution in [-0.4, -0.2) is 120 Å². The van der Waals surface area contributed by atoms with Crippen molar-refractivity contribution in [3.05, 3.63) is 173 Å².